The molecule has 9 nitrogen and oxygen atoms in total. The first-order valence-corrected chi connectivity index (χ1v) is 14.5. The lowest BCUT2D eigenvalue weighted by molar-refractivity contribution is -0.182. The summed E-state index contributed by atoms with van der Waals surface area (Å²) in [7, 11) is 6.09. The number of hydrogen-bond acceptors (Lipinski definition) is 8. The lowest BCUT2D eigenvalue weighted by Crippen LogP contribution is -2.64. The van der Waals surface area contributed by atoms with E-state index in [-0.39, 0.29) is 47.5 Å². The molecule has 1 fully saturated rings. The molecule has 1 aliphatic rings. The molecule has 0 aliphatic carbocycles. The van der Waals surface area contributed by atoms with Crippen LogP contribution in [0.25, 0.3) is 0 Å². The number of ether oxygens (including phenoxy) is 2. The standard InChI is InChI=1S/C31H44B2FN3O6/c1-28(2)19-37(20-29(3,4)43-28)16-21-11-12-24(34)23(15-21)18-42-25-10-7-9-22(17-39)26(25)31(33,41)36(6)30(32,13-8-14-38)27(40)35-5/h7,9-12,14-15,17,41H,8,13,16,18-20,32-33H2,1-6H3,(H,35,40). The van der Waals surface area contributed by atoms with Crippen LogP contribution in [0, 0.1) is 5.82 Å². The largest absolute Gasteiger partial charge is 0.488 e. The molecule has 2 aromatic carbocycles. The van der Waals surface area contributed by atoms with Crippen LogP contribution in [0.3, 0.4) is 0 Å². The number of nitrogens with zero attached hydrogens (tertiary/aromatic N) is 2. The van der Waals surface area contributed by atoms with Gasteiger partial charge in [-0.1, -0.05) is 18.2 Å². The third-order valence-corrected chi connectivity index (χ3v) is 8.18. The molecule has 12 heteroatoms. The van der Waals surface area contributed by atoms with Crippen molar-refractivity contribution in [3.63, 3.8) is 0 Å². The number of amides is 1. The van der Waals surface area contributed by atoms with Crippen molar-refractivity contribution in [2.75, 3.05) is 27.2 Å². The van der Waals surface area contributed by atoms with E-state index in [0.717, 1.165) is 18.7 Å². The molecule has 1 saturated heterocycles. The number of halogens is 1. The predicted molar refractivity (Wildman–Crippen MR) is 168 cm³/mol. The summed E-state index contributed by atoms with van der Waals surface area (Å²) in [6, 6.07) is 9.67. The van der Waals surface area contributed by atoms with E-state index in [2.05, 4.69) is 37.9 Å². The number of aliphatic hydroxyl groups is 1. The van der Waals surface area contributed by atoms with Gasteiger partial charge in [0.05, 0.1) is 16.6 Å². The summed E-state index contributed by atoms with van der Waals surface area (Å²) in [6.45, 7) is 10.1. The highest BCUT2D eigenvalue weighted by Gasteiger charge is 2.46. The highest BCUT2D eigenvalue weighted by atomic mass is 19.1. The molecule has 2 N–H and O–H groups in total. The molecule has 0 bridgehead atoms. The van der Waals surface area contributed by atoms with Gasteiger partial charge in [-0.15, -0.1) is 0 Å². The Kier molecular flexibility index (Phi) is 10.7. The van der Waals surface area contributed by atoms with E-state index >= 15 is 4.39 Å². The highest BCUT2D eigenvalue weighted by Crippen LogP contribution is 2.37. The van der Waals surface area contributed by atoms with Crippen molar-refractivity contribution in [3.8, 4) is 5.75 Å². The van der Waals surface area contributed by atoms with Crippen LogP contribution < -0.4 is 10.1 Å². The van der Waals surface area contributed by atoms with E-state index in [4.69, 9.17) is 9.47 Å². The summed E-state index contributed by atoms with van der Waals surface area (Å²) in [6.07, 6.45) is 1.51. The molecule has 2 aromatic rings. The van der Waals surface area contributed by atoms with Gasteiger partial charge in [0.25, 0.3) is 0 Å². The summed E-state index contributed by atoms with van der Waals surface area (Å²) in [5.74, 6) is -0.684. The average molecular weight is 595 g/mol. The Balaban J connectivity index is 1.92. The molecule has 1 heterocycles. The fraction of sp³-hybridized carbons (Fsp3) is 0.516. The van der Waals surface area contributed by atoms with Gasteiger partial charge in [-0.05, 0) is 64.9 Å². The Morgan fingerprint density at radius 1 is 1.19 bits per heavy atom. The van der Waals surface area contributed by atoms with E-state index in [0.29, 0.717) is 24.7 Å². The SMILES string of the molecule is BC(CCC=O)(C(=O)NC)N(C)C(B)(O)c1c(C=O)cccc1OCc1cc(CN2CC(C)(C)OC(C)(C)C2)ccc1F. The fourth-order valence-corrected chi connectivity index (χ4v) is 6.27. The summed E-state index contributed by atoms with van der Waals surface area (Å²) in [5.41, 5.74) is -2.33. The normalized spacial score (nSPS) is 19.2. The van der Waals surface area contributed by atoms with Crippen molar-refractivity contribution >= 4 is 34.2 Å². The minimum absolute atomic E-state index is 0.0814. The van der Waals surface area contributed by atoms with Crippen molar-refractivity contribution in [2.24, 2.45) is 0 Å². The number of hydrogen-bond donors (Lipinski definition) is 2. The van der Waals surface area contributed by atoms with Crippen LogP contribution in [0.1, 0.15) is 67.6 Å². The Hall–Kier alpha value is -3.05. The first kappa shape index (κ1) is 34.4. The van der Waals surface area contributed by atoms with E-state index in [9.17, 15) is 19.5 Å². The van der Waals surface area contributed by atoms with Crippen LogP contribution in [0.4, 0.5) is 4.39 Å². The summed E-state index contributed by atoms with van der Waals surface area (Å²) < 4.78 is 27.3. The number of benzene rings is 2. The molecule has 2 atom stereocenters. The molecule has 0 radical (unpaired) electrons. The van der Waals surface area contributed by atoms with Crippen LogP contribution in [0.15, 0.2) is 36.4 Å². The van der Waals surface area contributed by atoms with Crippen LogP contribution in [-0.4, -0.2) is 92.9 Å². The van der Waals surface area contributed by atoms with Gasteiger partial charge in [0.2, 0.25) is 5.91 Å². The quantitative estimate of drug-likeness (QED) is 0.203. The van der Waals surface area contributed by atoms with E-state index in [1.54, 1.807) is 39.2 Å². The number of carbonyl (C=O) groups is 3. The van der Waals surface area contributed by atoms with E-state index < -0.39 is 22.8 Å². The zero-order valence-corrected chi connectivity index (χ0v) is 26.6. The van der Waals surface area contributed by atoms with Gasteiger partial charge in [0.1, 0.15) is 37.9 Å². The van der Waals surface area contributed by atoms with Crippen LogP contribution in [-0.2, 0) is 33.1 Å². The molecular weight excluding hydrogens is 551 g/mol. The molecule has 232 valence electrons. The van der Waals surface area contributed by atoms with Gasteiger partial charge in [0.15, 0.2) is 14.1 Å². The second-order valence-corrected chi connectivity index (χ2v) is 13.0. The van der Waals surface area contributed by atoms with Gasteiger partial charge < -0.3 is 24.7 Å². The van der Waals surface area contributed by atoms with Gasteiger partial charge in [0, 0.05) is 49.8 Å². The predicted octanol–water partition coefficient (Wildman–Crippen LogP) is 1.33. The number of aldehydes is 2. The van der Waals surface area contributed by atoms with Crippen LogP contribution in [0.2, 0.25) is 0 Å². The maximum Gasteiger partial charge on any atom is 0.231 e. The summed E-state index contributed by atoms with van der Waals surface area (Å²) in [5, 5.41) is 14.5. The first-order valence-electron chi connectivity index (χ1n) is 14.5. The molecular formula is C31H44B2FN3O6. The van der Waals surface area contributed by atoms with Crippen LogP contribution >= 0.6 is 0 Å². The van der Waals surface area contributed by atoms with E-state index in [1.165, 1.54) is 31.9 Å². The average Bonchev–Trinajstić information content (AvgIpc) is 2.93. The minimum atomic E-state index is -1.90. The van der Waals surface area contributed by atoms with Gasteiger partial charge in [-0.2, -0.15) is 0 Å². The van der Waals surface area contributed by atoms with Crippen LogP contribution in [0.5, 0.6) is 5.75 Å². The first-order chi connectivity index (χ1) is 20.0. The smallest absolute Gasteiger partial charge is 0.231 e. The number of nitrogens with one attached hydrogen (secondary N) is 1. The molecule has 2 unspecified atom stereocenters. The fourth-order valence-electron chi connectivity index (χ4n) is 6.27. The number of morpholine rings is 1. The second-order valence-electron chi connectivity index (χ2n) is 13.0. The number of rotatable bonds is 13. The molecule has 43 heavy (non-hydrogen) atoms. The van der Waals surface area contributed by atoms with E-state index in [1.807, 2.05) is 0 Å². The second kappa shape index (κ2) is 13.3. The zero-order valence-electron chi connectivity index (χ0n) is 26.6. The Labute approximate surface area is 255 Å². The van der Waals surface area contributed by atoms with Crippen molar-refractivity contribution < 1.29 is 33.4 Å². The number of carbonyl (C=O) groups excluding carboxylic acids is 3. The number of likely N-dealkylation sites (N-methyl/N-ethyl adjacent to an activating group) is 2. The molecule has 0 spiro atoms. The minimum Gasteiger partial charge on any atom is -0.488 e. The molecule has 0 aromatic heterocycles. The molecule has 0 saturated carbocycles. The third kappa shape index (κ3) is 7.92. The lowest BCUT2D eigenvalue weighted by atomic mass is 9.67. The lowest BCUT2D eigenvalue weighted by Gasteiger charge is -2.47. The molecule has 1 aliphatic heterocycles. The van der Waals surface area contributed by atoms with Crippen molar-refractivity contribution in [1.82, 2.24) is 15.1 Å². The van der Waals surface area contributed by atoms with Gasteiger partial charge in [-0.3, -0.25) is 19.4 Å². The summed E-state index contributed by atoms with van der Waals surface area (Å²) >= 11 is 0. The topological polar surface area (TPSA) is 108 Å². The van der Waals surface area contributed by atoms with Crippen molar-refractivity contribution in [3.05, 3.63) is 64.5 Å². The Morgan fingerprint density at radius 3 is 2.42 bits per heavy atom. The Morgan fingerprint density at radius 2 is 1.84 bits per heavy atom. The van der Waals surface area contributed by atoms with Gasteiger partial charge >= 0.3 is 0 Å². The van der Waals surface area contributed by atoms with Crippen molar-refractivity contribution in [2.45, 2.75) is 76.0 Å². The summed E-state index contributed by atoms with van der Waals surface area (Å²) in [4.78, 5) is 40.0. The Bertz CT molecular complexity index is 1320. The maximum atomic E-state index is 15.0. The third-order valence-electron chi connectivity index (χ3n) is 8.18. The molecule has 1 amide bonds. The highest BCUT2D eigenvalue weighted by molar-refractivity contribution is 6.29. The van der Waals surface area contributed by atoms with Crippen molar-refractivity contribution in [1.29, 1.82) is 0 Å². The maximum absolute atomic E-state index is 15.0. The monoisotopic (exact) mass is 595 g/mol. The molecule has 3 rings (SSSR count). The zero-order chi connectivity index (χ0) is 32.2. The van der Waals surface area contributed by atoms with Gasteiger partial charge in [-0.25, -0.2) is 4.39 Å².